The van der Waals surface area contributed by atoms with E-state index in [1.54, 1.807) is 0 Å². The van der Waals surface area contributed by atoms with Crippen molar-refractivity contribution in [3.63, 3.8) is 0 Å². The lowest BCUT2D eigenvalue weighted by Gasteiger charge is -2.32. The third-order valence-electron chi connectivity index (χ3n) is 11.5. The molecule has 5 rings (SSSR count). The Morgan fingerprint density at radius 3 is 2.41 bits per heavy atom. The van der Waals surface area contributed by atoms with Crippen LogP contribution in [0.2, 0.25) is 0 Å². The summed E-state index contributed by atoms with van der Waals surface area (Å²) in [6, 6.07) is 3.73. The fourth-order valence-corrected chi connectivity index (χ4v) is 8.42. The fourth-order valence-electron chi connectivity index (χ4n) is 8.42. The first-order valence-corrected chi connectivity index (χ1v) is 20.8. The van der Waals surface area contributed by atoms with Gasteiger partial charge in [-0.25, -0.2) is 0 Å². The van der Waals surface area contributed by atoms with Gasteiger partial charge in [-0.05, 0) is 62.5 Å². The summed E-state index contributed by atoms with van der Waals surface area (Å²) in [6.07, 6.45) is 9.09. The minimum Gasteiger partial charge on any atom is -0.370 e. The average molecular weight is 805 g/mol. The Morgan fingerprint density at radius 1 is 0.897 bits per heavy atom. The van der Waals surface area contributed by atoms with Crippen molar-refractivity contribution < 1.29 is 33.6 Å². The Kier molecular flexibility index (Phi) is 16.0. The molecule has 58 heavy (non-hydrogen) atoms. The van der Waals surface area contributed by atoms with Gasteiger partial charge in [-0.15, -0.1) is 0 Å². The van der Waals surface area contributed by atoms with Crippen LogP contribution in [-0.4, -0.2) is 107 Å². The minimum atomic E-state index is -1.05. The van der Waals surface area contributed by atoms with Crippen molar-refractivity contribution in [2.75, 3.05) is 26.2 Å². The first kappa shape index (κ1) is 43.6. The summed E-state index contributed by atoms with van der Waals surface area (Å²) in [5, 5.41) is 14.9. The summed E-state index contributed by atoms with van der Waals surface area (Å²) in [7, 11) is 0. The second-order valence-electron chi connectivity index (χ2n) is 15.9. The predicted molar refractivity (Wildman–Crippen MR) is 218 cm³/mol. The maximum absolute atomic E-state index is 14.5. The summed E-state index contributed by atoms with van der Waals surface area (Å²) < 4.78 is 0. The zero-order valence-electron chi connectivity index (χ0n) is 33.5. The molecule has 1 aliphatic carbocycles. The summed E-state index contributed by atoms with van der Waals surface area (Å²) in [5.74, 6) is -3.85. The highest BCUT2D eigenvalue weighted by Gasteiger charge is 2.40. The van der Waals surface area contributed by atoms with Gasteiger partial charge in [0.05, 0.1) is 12.6 Å². The number of nitrogens with two attached hydrogens (primary N) is 2. The molecule has 6 amide bonds. The Labute approximate surface area is 339 Å². The molecule has 0 radical (unpaired) electrons. The third kappa shape index (κ3) is 12.5. The van der Waals surface area contributed by atoms with Crippen LogP contribution >= 0.6 is 0 Å². The number of para-hydroxylation sites is 1. The van der Waals surface area contributed by atoms with Gasteiger partial charge >= 0.3 is 0 Å². The number of aromatic nitrogens is 1. The zero-order valence-corrected chi connectivity index (χ0v) is 33.5. The van der Waals surface area contributed by atoms with Crippen LogP contribution in [0.4, 0.5) is 0 Å². The Hall–Kier alpha value is -5.48. The largest absolute Gasteiger partial charge is 0.370 e. The number of rotatable bonds is 11. The van der Waals surface area contributed by atoms with E-state index in [0.29, 0.717) is 25.7 Å². The Morgan fingerprint density at radius 2 is 1.66 bits per heavy atom. The van der Waals surface area contributed by atoms with Crippen LogP contribution in [-0.2, 0) is 40.0 Å². The van der Waals surface area contributed by atoms with E-state index in [1.165, 1.54) is 11.8 Å². The Bertz CT molecular complexity index is 1820. The van der Waals surface area contributed by atoms with Gasteiger partial charge in [0.25, 0.3) is 0 Å². The molecule has 17 nitrogen and oxygen atoms in total. The number of H-pyrrole nitrogens is 1. The molecular formula is C41H60N10O7. The van der Waals surface area contributed by atoms with E-state index >= 15 is 0 Å². The lowest BCUT2D eigenvalue weighted by atomic mass is 9.84. The van der Waals surface area contributed by atoms with E-state index in [1.807, 2.05) is 30.5 Å². The normalized spacial score (nSPS) is 24.5. The van der Waals surface area contributed by atoms with Crippen LogP contribution in [0.1, 0.15) is 96.0 Å². The third-order valence-corrected chi connectivity index (χ3v) is 11.5. The number of hydrogen-bond donors (Lipinski definition) is 8. The topological polar surface area (TPSA) is 263 Å². The van der Waals surface area contributed by atoms with Crippen molar-refractivity contribution in [1.29, 1.82) is 0 Å². The second-order valence-corrected chi connectivity index (χ2v) is 15.9. The molecule has 1 saturated carbocycles. The number of benzene rings is 1. The fraction of sp³-hybridized carbons (Fsp3) is 0.610. The zero-order chi connectivity index (χ0) is 41.6. The lowest BCUT2D eigenvalue weighted by Crippen LogP contribution is -2.58. The van der Waals surface area contributed by atoms with Crippen molar-refractivity contribution in [1.82, 2.24) is 36.5 Å². The molecule has 3 aliphatic rings. The SMILES string of the molecule is CC(=O)NCC(=O)N[C@H]1CCCNC(=O)[C@H](CCCN=C(N)N)CC(=O)[C@H](Cc2c[nH]c3ccccc23)NC(=O)[C@@H](CC2CCCCC2)NC(=O)[C@@H]2CCCN2C1=O. The van der Waals surface area contributed by atoms with E-state index in [0.717, 1.165) is 48.6 Å². The molecule has 2 saturated heterocycles. The van der Waals surface area contributed by atoms with Gasteiger partial charge in [-0.1, -0.05) is 50.3 Å². The molecule has 3 heterocycles. The molecule has 0 bridgehead atoms. The molecular weight excluding hydrogens is 745 g/mol. The van der Waals surface area contributed by atoms with Gasteiger partial charge in [0, 0.05) is 62.4 Å². The highest BCUT2D eigenvalue weighted by Crippen LogP contribution is 2.29. The van der Waals surface area contributed by atoms with Gasteiger partial charge in [0.2, 0.25) is 35.4 Å². The second kappa shape index (κ2) is 21.3. The van der Waals surface area contributed by atoms with Gasteiger partial charge in [0.1, 0.15) is 18.1 Å². The maximum Gasteiger partial charge on any atom is 0.245 e. The Balaban J connectivity index is 1.47. The number of carbonyl (C=O) groups is 7. The van der Waals surface area contributed by atoms with E-state index in [9.17, 15) is 33.6 Å². The summed E-state index contributed by atoms with van der Waals surface area (Å²) >= 11 is 0. The molecule has 0 spiro atoms. The number of hydrogen-bond acceptors (Lipinski definition) is 8. The molecule has 17 heteroatoms. The number of nitrogens with one attached hydrogen (secondary N) is 6. The van der Waals surface area contributed by atoms with Crippen LogP contribution in [0.25, 0.3) is 10.9 Å². The first-order valence-electron chi connectivity index (χ1n) is 20.8. The van der Waals surface area contributed by atoms with Crippen LogP contribution in [0.3, 0.4) is 0 Å². The number of aromatic amines is 1. The number of ketones is 1. The van der Waals surface area contributed by atoms with Crippen molar-refractivity contribution in [3.8, 4) is 0 Å². The van der Waals surface area contributed by atoms with Crippen molar-refractivity contribution in [2.24, 2.45) is 28.3 Å². The van der Waals surface area contributed by atoms with Gasteiger partial charge in [-0.2, -0.15) is 0 Å². The molecule has 1 aromatic heterocycles. The maximum atomic E-state index is 14.5. The standard InChI is InChI=1S/C41H60N10O7/c1-25(52)46-24-36(54)48-31-15-8-17-44-37(55)27(12-7-18-45-41(42)43)22-35(53)32(21-28-23-47-30-14-6-5-13-29(28)30)49-38(56)33(20-26-10-3-2-4-11-26)50-39(57)34-16-9-19-51(34)40(31)58/h5-6,13-14,23,26-27,31-34,47H,2-4,7-12,15-22,24H2,1H3,(H,44,55)(H,46,52)(H,48,54)(H,49,56)(H,50,57)(H4,42,43,45)/t27-,31+,32+,33-,34+/m1/s1. The number of aliphatic imine (C=N–C) groups is 1. The predicted octanol–water partition coefficient (Wildman–Crippen LogP) is 0.801. The highest BCUT2D eigenvalue weighted by molar-refractivity contribution is 5.97. The van der Waals surface area contributed by atoms with Crippen LogP contribution in [0, 0.1) is 11.8 Å². The van der Waals surface area contributed by atoms with Gasteiger partial charge in [-0.3, -0.25) is 38.6 Å². The number of Topliss-reactive ketones (excluding diaryl/α,β-unsaturated/α-hetero) is 1. The monoisotopic (exact) mass is 804 g/mol. The molecule has 316 valence electrons. The van der Waals surface area contributed by atoms with Crippen molar-refractivity contribution in [3.05, 3.63) is 36.0 Å². The van der Waals surface area contributed by atoms with E-state index in [-0.39, 0.29) is 81.9 Å². The summed E-state index contributed by atoms with van der Waals surface area (Å²) in [6.45, 7) is 1.59. The first-order chi connectivity index (χ1) is 27.9. The highest BCUT2D eigenvalue weighted by atomic mass is 16.2. The van der Waals surface area contributed by atoms with Crippen LogP contribution < -0.4 is 38.1 Å². The smallest absolute Gasteiger partial charge is 0.245 e. The molecule has 3 fully saturated rings. The minimum absolute atomic E-state index is 0.0878. The van der Waals surface area contributed by atoms with Crippen molar-refractivity contribution in [2.45, 2.75) is 121 Å². The van der Waals surface area contributed by atoms with Gasteiger partial charge < -0.3 is 47.9 Å². The number of fused-ring (bicyclic) bond motifs is 2. The average Bonchev–Trinajstić information content (AvgIpc) is 3.86. The van der Waals surface area contributed by atoms with E-state index in [4.69, 9.17) is 11.5 Å². The van der Waals surface area contributed by atoms with Crippen molar-refractivity contribution >= 4 is 58.1 Å². The molecule has 0 unspecified atom stereocenters. The molecule has 1 aromatic carbocycles. The number of nitrogens with zero attached hydrogens (tertiary/aromatic N) is 2. The molecule has 2 aromatic rings. The van der Waals surface area contributed by atoms with E-state index < -0.39 is 59.6 Å². The van der Waals surface area contributed by atoms with Crippen LogP contribution in [0.5, 0.6) is 0 Å². The molecule has 10 N–H and O–H groups in total. The molecule has 2 aliphatic heterocycles. The van der Waals surface area contributed by atoms with E-state index in [2.05, 4.69) is 36.6 Å². The number of amides is 6. The van der Waals surface area contributed by atoms with Crippen LogP contribution in [0.15, 0.2) is 35.5 Å². The quantitative estimate of drug-likeness (QED) is 0.0906. The lowest BCUT2D eigenvalue weighted by molar-refractivity contribution is -0.142. The summed E-state index contributed by atoms with van der Waals surface area (Å²) in [4.78, 5) is 104. The molecule has 5 atom stereocenters. The number of carbonyl (C=O) groups excluding carboxylic acids is 7. The van der Waals surface area contributed by atoms with Gasteiger partial charge in [0.15, 0.2) is 11.7 Å². The number of guanidine groups is 1. The summed E-state index contributed by atoms with van der Waals surface area (Å²) in [5.41, 5.74) is 12.7.